The Morgan fingerprint density at radius 2 is 1.90 bits per heavy atom. The molecule has 1 fully saturated rings. The van der Waals surface area contributed by atoms with E-state index in [4.69, 9.17) is 0 Å². The Kier molecular flexibility index (Phi) is 6.43. The highest BCUT2D eigenvalue weighted by Crippen LogP contribution is 2.23. The molecule has 1 aliphatic rings. The molecule has 1 aromatic rings. The number of hydrogen-bond donors (Lipinski definition) is 1. The Balaban J connectivity index is 2.10. The number of nitrogens with one attached hydrogen (secondary N) is 1. The normalized spacial score (nSPS) is 14.4. The molecule has 0 spiro atoms. The van der Waals surface area contributed by atoms with Crippen LogP contribution >= 0.6 is 0 Å². The summed E-state index contributed by atoms with van der Waals surface area (Å²) in [6, 6.07) is 2.27. The van der Waals surface area contributed by atoms with Gasteiger partial charge >= 0.3 is 0 Å². The van der Waals surface area contributed by atoms with E-state index in [1.165, 1.54) is 31.9 Å². The van der Waals surface area contributed by atoms with E-state index in [0.717, 1.165) is 43.9 Å². The molecule has 0 bridgehead atoms. The lowest BCUT2D eigenvalue weighted by Crippen LogP contribution is -2.29. The van der Waals surface area contributed by atoms with E-state index in [1.54, 1.807) is 6.07 Å². The molecule has 0 unspecified atom stereocenters. The quantitative estimate of drug-likeness (QED) is 0.709. The van der Waals surface area contributed by atoms with Crippen molar-refractivity contribution in [1.29, 1.82) is 0 Å². The van der Waals surface area contributed by atoms with Gasteiger partial charge in [0, 0.05) is 31.2 Å². The fraction of sp³-hybridized carbons (Fsp3) is 0.706. The molecule has 1 N–H and O–H groups in total. The van der Waals surface area contributed by atoms with E-state index in [9.17, 15) is 4.39 Å². The van der Waals surface area contributed by atoms with Gasteiger partial charge in [-0.3, -0.25) is 0 Å². The average Bonchev–Trinajstić information content (AvgIpc) is 3.30. The second-order valence-electron chi connectivity index (χ2n) is 5.99. The van der Waals surface area contributed by atoms with Crippen molar-refractivity contribution < 1.29 is 4.39 Å². The van der Waals surface area contributed by atoms with Crippen molar-refractivity contribution in [3.05, 3.63) is 23.6 Å². The lowest BCUT2D eigenvalue weighted by molar-refractivity contribution is 0.605. The Bertz CT molecular complexity index is 424. The summed E-state index contributed by atoms with van der Waals surface area (Å²) in [5.41, 5.74) is 0.995. The number of anilines is 1. The molecule has 0 saturated heterocycles. The summed E-state index contributed by atoms with van der Waals surface area (Å²) in [7, 11) is 0. The molecule has 4 heteroatoms. The molecular formula is C17H28FN3. The predicted molar refractivity (Wildman–Crippen MR) is 86.1 cm³/mol. The van der Waals surface area contributed by atoms with Crippen LogP contribution in [0.15, 0.2) is 12.3 Å². The molecule has 0 aromatic carbocycles. The van der Waals surface area contributed by atoms with E-state index in [-0.39, 0.29) is 5.82 Å². The third-order valence-electron chi connectivity index (χ3n) is 3.93. The fourth-order valence-electron chi connectivity index (χ4n) is 2.45. The maximum absolute atomic E-state index is 13.5. The fourth-order valence-corrected chi connectivity index (χ4v) is 2.45. The molecule has 1 aromatic heterocycles. The lowest BCUT2D eigenvalue weighted by Gasteiger charge is -2.26. The highest BCUT2D eigenvalue weighted by atomic mass is 19.1. The summed E-state index contributed by atoms with van der Waals surface area (Å²) in [5.74, 6) is 0.726. The Hall–Kier alpha value is -1.16. The summed E-state index contributed by atoms with van der Waals surface area (Å²) in [6.07, 6.45) is 8.47. The van der Waals surface area contributed by atoms with Crippen LogP contribution in [0.3, 0.4) is 0 Å². The molecule has 0 aliphatic heterocycles. The topological polar surface area (TPSA) is 28.2 Å². The summed E-state index contributed by atoms with van der Waals surface area (Å²) < 4.78 is 13.5. The second kappa shape index (κ2) is 8.32. The third kappa shape index (κ3) is 5.27. The number of unbranched alkanes of at least 4 members (excludes halogenated alkanes) is 2. The molecule has 3 nitrogen and oxygen atoms in total. The first kappa shape index (κ1) is 16.2. The van der Waals surface area contributed by atoms with Crippen LogP contribution in [-0.4, -0.2) is 24.1 Å². The average molecular weight is 293 g/mol. The van der Waals surface area contributed by atoms with Crippen LogP contribution in [0, 0.1) is 5.82 Å². The van der Waals surface area contributed by atoms with Crippen molar-refractivity contribution in [2.45, 2.75) is 65.0 Å². The molecule has 1 heterocycles. The minimum Gasteiger partial charge on any atom is -0.356 e. The molecule has 1 saturated carbocycles. The largest absolute Gasteiger partial charge is 0.356 e. The van der Waals surface area contributed by atoms with Gasteiger partial charge in [-0.2, -0.15) is 0 Å². The van der Waals surface area contributed by atoms with E-state index in [1.807, 2.05) is 0 Å². The third-order valence-corrected chi connectivity index (χ3v) is 3.93. The minimum absolute atomic E-state index is 0.239. The van der Waals surface area contributed by atoms with Crippen LogP contribution in [0.5, 0.6) is 0 Å². The molecule has 118 valence electrons. The number of halogens is 1. The molecule has 1 aliphatic carbocycles. The van der Waals surface area contributed by atoms with E-state index < -0.39 is 0 Å². The van der Waals surface area contributed by atoms with Crippen LogP contribution in [-0.2, 0) is 6.54 Å². The van der Waals surface area contributed by atoms with E-state index in [0.29, 0.717) is 6.04 Å². The van der Waals surface area contributed by atoms with Gasteiger partial charge < -0.3 is 10.2 Å². The van der Waals surface area contributed by atoms with Gasteiger partial charge in [0.1, 0.15) is 11.6 Å². The standard InChI is InChI=1S/C17H28FN3/c1-3-5-9-21(10-6-4-2)17-14(11-15(18)13-20-17)12-19-16-7-8-16/h11,13,16,19H,3-10,12H2,1-2H3. The molecule has 0 amide bonds. The Labute approximate surface area is 127 Å². The highest BCUT2D eigenvalue weighted by Gasteiger charge is 2.21. The van der Waals surface area contributed by atoms with Crippen molar-refractivity contribution in [2.75, 3.05) is 18.0 Å². The smallest absolute Gasteiger partial charge is 0.141 e. The van der Waals surface area contributed by atoms with Gasteiger partial charge in [0.25, 0.3) is 0 Å². The van der Waals surface area contributed by atoms with Gasteiger partial charge in [0.05, 0.1) is 6.20 Å². The van der Waals surface area contributed by atoms with Gasteiger partial charge in [-0.15, -0.1) is 0 Å². The highest BCUT2D eigenvalue weighted by molar-refractivity contribution is 5.47. The van der Waals surface area contributed by atoms with Gasteiger partial charge in [-0.05, 0) is 31.7 Å². The monoisotopic (exact) mass is 293 g/mol. The van der Waals surface area contributed by atoms with Crippen molar-refractivity contribution >= 4 is 5.82 Å². The maximum atomic E-state index is 13.5. The number of rotatable bonds is 10. The molecular weight excluding hydrogens is 265 g/mol. The van der Waals surface area contributed by atoms with Crippen LogP contribution in [0.4, 0.5) is 10.2 Å². The van der Waals surface area contributed by atoms with Gasteiger partial charge in [-0.25, -0.2) is 9.37 Å². The van der Waals surface area contributed by atoms with Crippen molar-refractivity contribution in [1.82, 2.24) is 10.3 Å². The summed E-state index contributed by atoms with van der Waals surface area (Å²) in [5, 5.41) is 3.47. The molecule has 21 heavy (non-hydrogen) atoms. The van der Waals surface area contributed by atoms with Gasteiger partial charge in [0.2, 0.25) is 0 Å². The summed E-state index contributed by atoms with van der Waals surface area (Å²) in [6.45, 7) is 7.13. The van der Waals surface area contributed by atoms with E-state index >= 15 is 0 Å². The molecule has 2 rings (SSSR count). The lowest BCUT2D eigenvalue weighted by atomic mass is 10.2. The molecule has 0 radical (unpaired) electrons. The minimum atomic E-state index is -0.239. The maximum Gasteiger partial charge on any atom is 0.141 e. The second-order valence-corrected chi connectivity index (χ2v) is 5.99. The zero-order chi connectivity index (χ0) is 15.1. The van der Waals surface area contributed by atoms with Gasteiger partial charge in [0.15, 0.2) is 0 Å². The number of nitrogens with zero attached hydrogens (tertiary/aromatic N) is 2. The summed E-state index contributed by atoms with van der Waals surface area (Å²) in [4.78, 5) is 6.72. The van der Waals surface area contributed by atoms with Crippen molar-refractivity contribution in [3.8, 4) is 0 Å². The zero-order valence-corrected chi connectivity index (χ0v) is 13.4. The number of aromatic nitrogens is 1. The van der Waals surface area contributed by atoms with Crippen LogP contribution in [0.2, 0.25) is 0 Å². The van der Waals surface area contributed by atoms with Crippen molar-refractivity contribution in [3.63, 3.8) is 0 Å². The first-order valence-electron chi connectivity index (χ1n) is 8.37. The van der Waals surface area contributed by atoms with Gasteiger partial charge in [-0.1, -0.05) is 26.7 Å². The summed E-state index contributed by atoms with van der Waals surface area (Å²) >= 11 is 0. The zero-order valence-electron chi connectivity index (χ0n) is 13.4. The van der Waals surface area contributed by atoms with Crippen LogP contribution < -0.4 is 10.2 Å². The number of hydrogen-bond acceptors (Lipinski definition) is 3. The first-order chi connectivity index (χ1) is 10.2. The number of pyridine rings is 1. The van der Waals surface area contributed by atoms with Crippen molar-refractivity contribution in [2.24, 2.45) is 0 Å². The van der Waals surface area contributed by atoms with E-state index in [2.05, 4.69) is 29.0 Å². The van der Waals surface area contributed by atoms with Crippen LogP contribution in [0.25, 0.3) is 0 Å². The Morgan fingerprint density at radius 1 is 1.24 bits per heavy atom. The Morgan fingerprint density at radius 3 is 2.48 bits per heavy atom. The molecule has 0 atom stereocenters. The predicted octanol–water partition coefficient (Wildman–Crippen LogP) is 3.88. The first-order valence-corrected chi connectivity index (χ1v) is 8.37. The SMILES string of the molecule is CCCCN(CCCC)c1ncc(F)cc1CNC1CC1. The van der Waals surface area contributed by atoms with Crippen LogP contribution in [0.1, 0.15) is 57.9 Å².